The maximum atomic E-state index is 11.8. The molecule has 1 rings (SSSR count). The first-order valence-electron chi connectivity index (χ1n) is 5.61. The van der Waals surface area contributed by atoms with E-state index in [0.29, 0.717) is 18.0 Å². The van der Waals surface area contributed by atoms with Crippen LogP contribution >= 0.6 is 23.4 Å². The smallest absolute Gasteiger partial charge is 0.251 e. The van der Waals surface area contributed by atoms with Crippen molar-refractivity contribution in [3.63, 3.8) is 0 Å². The van der Waals surface area contributed by atoms with Crippen molar-refractivity contribution in [1.29, 1.82) is 0 Å². The molecule has 0 spiro atoms. The maximum Gasteiger partial charge on any atom is 0.251 e. The van der Waals surface area contributed by atoms with Crippen LogP contribution in [-0.4, -0.2) is 24.1 Å². The molecule has 0 aromatic heterocycles. The maximum absolute atomic E-state index is 11.8. The van der Waals surface area contributed by atoms with Gasteiger partial charge >= 0.3 is 0 Å². The zero-order valence-corrected chi connectivity index (χ0v) is 11.9. The van der Waals surface area contributed by atoms with Gasteiger partial charge in [-0.3, -0.25) is 4.79 Å². The Hall–Kier alpha value is -0.670. The highest BCUT2D eigenvalue weighted by Gasteiger charge is 2.11. The van der Waals surface area contributed by atoms with E-state index in [9.17, 15) is 4.79 Å². The van der Waals surface area contributed by atoms with Gasteiger partial charge in [0.05, 0.1) is 5.38 Å². The Labute approximate surface area is 112 Å². The van der Waals surface area contributed by atoms with E-state index in [1.54, 1.807) is 11.8 Å². The number of thioether (sulfide) groups is 1. The Morgan fingerprint density at radius 3 is 2.41 bits per heavy atom. The number of rotatable bonds is 5. The van der Waals surface area contributed by atoms with Crippen LogP contribution in [0.2, 0.25) is 0 Å². The number of carbonyl (C=O) groups is 1. The summed E-state index contributed by atoms with van der Waals surface area (Å²) in [5.74, 6) is 0.291. The molecule has 17 heavy (non-hydrogen) atoms. The zero-order valence-electron chi connectivity index (χ0n) is 10.4. The van der Waals surface area contributed by atoms with Crippen molar-refractivity contribution >= 4 is 29.3 Å². The van der Waals surface area contributed by atoms with E-state index in [-0.39, 0.29) is 11.3 Å². The second-order valence-electron chi connectivity index (χ2n) is 4.20. The van der Waals surface area contributed by atoms with Gasteiger partial charge in [-0.1, -0.05) is 13.8 Å². The van der Waals surface area contributed by atoms with Crippen molar-refractivity contribution in [3.8, 4) is 0 Å². The van der Waals surface area contributed by atoms with Crippen LogP contribution in [0, 0.1) is 5.92 Å². The highest BCUT2D eigenvalue weighted by atomic mass is 35.5. The van der Waals surface area contributed by atoms with Gasteiger partial charge in [-0.2, -0.15) is 0 Å². The highest BCUT2D eigenvalue weighted by molar-refractivity contribution is 7.98. The summed E-state index contributed by atoms with van der Waals surface area (Å²) in [4.78, 5) is 12.9. The van der Waals surface area contributed by atoms with Crippen LogP contribution in [0.5, 0.6) is 0 Å². The van der Waals surface area contributed by atoms with Gasteiger partial charge < -0.3 is 5.32 Å². The molecule has 1 N–H and O–H groups in total. The predicted octanol–water partition coefficient (Wildman–Crippen LogP) is 3.40. The van der Waals surface area contributed by atoms with Crippen molar-refractivity contribution in [3.05, 3.63) is 29.8 Å². The van der Waals surface area contributed by atoms with Crippen LogP contribution in [0.1, 0.15) is 24.2 Å². The standard InChI is InChI=1S/C13H18ClNOS/c1-9(2)12(14)8-15-13(16)10-4-6-11(17-3)7-5-10/h4-7,9,12H,8H2,1-3H3,(H,15,16). The average Bonchev–Trinajstić information content (AvgIpc) is 2.35. The molecule has 1 amide bonds. The molecule has 1 aromatic carbocycles. The molecule has 0 radical (unpaired) electrons. The largest absolute Gasteiger partial charge is 0.351 e. The third-order valence-corrected chi connectivity index (χ3v) is 3.94. The monoisotopic (exact) mass is 271 g/mol. The van der Waals surface area contributed by atoms with E-state index in [2.05, 4.69) is 5.32 Å². The highest BCUT2D eigenvalue weighted by Crippen LogP contribution is 2.15. The lowest BCUT2D eigenvalue weighted by atomic mass is 10.1. The fourth-order valence-corrected chi connectivity index (χ4v) is 1.76. The van der Waals surface area contributed by atoms with E-state index in [1.807, 2.05) is 44.4 Å². The summed E-state index contributed by atoms with van der Waals surface area (Å²) in [6.45, 7) is 4.58. The second-order valence-corrected chi connectivity index (χ2v) is 5.64. The lowest BCUT2D eigenvalue weighted by Crippen LogP contribution is -2.31. The van der Waals surface area contributed by atoms with E-state index in [0.717, 1.165) is 4.90 Å². The topological polar surface area (TPSA) is 29.1 Å². The Bertz CT molecular complexity index is 364. The number of hydrogen-bond acceptors (Lipinski definition) is 2. The van der Waals surface area contributed by atoms with Gasteiger partial charge in [-0.15, -0.1) is 23.4 Å². The average molecular weight is 272 g/mol. The quantitative estimate of drug-likeness (QED) is 0.657. The van der Waals surface area contributed by atoms with Crippen LogP contribution in [0.3, 0.4) is 0 Å². The number of halogens is 1. The molecule has 4 heteroatoms. The van der Waals surface area contributed by atoms with Crippen molar-refractivity contribution in [2.24, 2.45) is 5.92 Å². The molecule has 0 saturated heterocycles. The molecular formula is C13H18ClNOS. The second kappa shape index (κ2) is 6.92. The van der Waals surface area contributed by atoms with E-state index in [1.165, 1.54) is 0 Å². The molecule has 94 valence electrons. The van der Waals surface area contributed by atoms with Gasteiger partial charge in [0.2, 0.25) is 0 Å². The third-order valence-electron chi connectivity index (χ3n) is 2.53. The minimum atomic E-state index is -0.0658. The molecule has 0 bridgehead atoms. The first-order valence-corrected chi connectivity index (χ1v) is 7.27. The van der Waals surface area contributed by atoms with Gasteiger partial charge in [-0.25, -0.2) is 0 Å². The fraction of sp³-hybridized carbons (Fsp3) is 0.462. The minimum absolute atomic E-state index is 0.0237. The Balaban J connectivity index is 2.52. The van der Waals surface area contributed by atoms with Gasteiger partial charge in [0.1, 0.15) is 0 Å². The van der Waals surface area contributed by atoms with E-state index >= 15 is 0 Å². The summed E-state index contributed by atoms with van der Waals surface area (Å²) in [5, 5.41) is 2.82. The molecule has 0 heterocycles. The van der Waals surface area contributed by atoms with Crippen molar-refractivity contribution < 1.29 is 4.79 Å². The Kier molecular flexibility index (Phi) is 5.86. The number of carbonyl (C=O) groups excluding carboxylic acids is 1. The molecule has 1 unspecified atom stereocenters. The fourth-order valence-electron chi connectivity index (χ4n) is 1.27. The third kappa shape index (κ3) is 4.60. The predicted molar refractivity (Wildman–Crippen MR) is 75.0 cm³/mol. The lowest BCUT2D eigenvalue weighted by molar-refractivity contribution is 0.0952. The first kappa shape index (κ1) is 14.4. The molecule has 0 aliphatic heterocycles. The van der Waals surface area contributed by atoms with Crippen LogP contribution in [0.4, 0.5) is 0 Å². The van der Waals surface area contributed by atoms with E-state index in [4.69, 9.17) is 11.6 Å². The van der Waals surface area contributed by atoms with Crippen LogP contribution < -0.4 is 5.32 Å². The summed E-state index contributed by atoms with van der Waals surface area (Å²) in [5.41, 5.74) is 0.676. The Morgan fingerprint density at radius 2 is 1.94 bits per heavy atom. The molecule has 0 saturated carbocycles. The minimum Gasteiger partial charge on any atom is -0.351 e. The van der Waals surface area contributed by atoms with Gasteiger partial charge in [0, 0.05) is 17.0 Å². The van der Waals surface area contributed by atoms with Crippen molar-refractivity contribution in [2.45, 2.75) is 24.1 Å². The number of alkyl halides is 1. The van der Waals surface area contributed by atoms with Gasteiger partial charge in [0.15, 0.2) is 0 Å². The van der Waals surface area contributed by atoms with E-state index < -0.39 is 0 Å². The van der Waals surface area contributed by atoms with Crippen molar-refractivity contribution in [2.75, 3.05) is 12.8 Å². The molecule has 1 atom stereocenters. The van der Waals surface area contributed by atoms with Crippen LogP contribution in [-0.2, 0) is 0 Å². The van der Waals surface area contributed by atoms with Crippen LogP contribution in [0.15, 0.2) is 29.2 Å². The van der Waals surface area contributed by atoms with Crippen molar-refractivity contribution in [1.82, 2.24) is 5.32 Å². The summed E-state index contributed by atoms with van der Waals surface area (Å²) in [6.07, 6.45) is 2.01. The molecule has 0 fully saturated rings. The summed E-state index contributed by atoms with van der Waals surface area (Å²) < 4.78 is 0. The van der Waals surface area contributed by atoms with Gasteiger partial charge in [-0.05, 0) is 36.4 Å². The molecule has 0 aliphatic carbocycles. The lowest BCUT2D eigenvalue weighted by Gasteiger charge is -2.14. The zero-order chi connectivity index (χ0) is 12.8. The normalized spacial score (nSPS) is 12.5. The van der Waals surface area contributed by atoms with Crippen LogP contribution in [0.25, 0.3) is 0 Å². The SMILES string of the molecule is CSc1ccc(C(=O)NCC(Cl)C(C)C)cc1. The summed E-state index contributed by atoms with van der Waals surface area (Å²) in [6, 6.07) is 7.56. The molecule has 2 nitrogen and oxygen atoms in total. The van der Waals surface area contributed by atoms with Gasteiger partial charge in [0.25, 0.3) is 5.91 Å². The number of nitrogens with one attached hydrogen (secondary N) is 1. The number of benzene rings is 1. The first-order chi connectivity index (χ1) is 8.04. The Morgan fingerprint density at radius 1 is 1.35 bits per heavy atom. The molecular weight excluding hydrogens is 254 g/mol. The number of hydrogen-bond donors (Lipinski definition) is 1. The molecule has 1 aromatic rings. The molecule has 0 aliphatic rings. The number of amides is 1. The summed E-state index contributed by atoms with van der Waals surface area (Å²) >= 11 is 7.74. The summed E-state index contributed by atoms with van der Waals surface area (Å²) in [7, 11) is 0.